The van der Waals surface area contributed by atoms with Gasteiger partial charge in [-0.05, 0) is 72.5 Å². The Bertz CT molecular complexity index is 2570. The summed E-state index contributed by atoms with van der Waals surface area (Å²) in [6, 6.07) is 62.4. The van der Waals surface area contributed by atoms with E-state index in [2.05, 4.69) is 143 Å². The van der Waals surface area contributed by atoms with Crippen LogP contribution in [-0.2, 0) is 10.8 Å². The molecular formula is C51H41N3. The van der Waals surface area contributed by atoms with Crippen LogP contribution in [0.2, 0.25) is 0 Å². The topological polar surface area (TPSA) is 38.7 Å². The van der Waals surface area contributed by atoms with E-state index in [0.717, 1.165) is 22.3 Å². The molecule has 0 atom stereocenters. The molecule has 0 amide bonds. The molecule has 0 unspecified atom stereocenters. The molecule has 0 radical (unpaired) electrons. The van der Waals surface area contributed by atoms with Crippen LogP contribution in [0.15, 0.2) is 176 Å². The Hall–Kier alpha value is -6.45. The minimum absolute atomic E-state index is 0.0934. The van der Waals surface area contributed by atoms with Crippen molar-refractivity contribution in [2.45, 2.75) is 38.5 Å². The Morgan fingerprint density at radius 3 is 1.30 bits per heavy atom. The first-order chi connectivity index (χ1) is 26.3. The van der Waals surface area contributed by atoms with Crippen LogP contribution in [-0.4, -0.2) is 15.0 Å². The zero-order valence-corrected chi connectivity index (χ0v) is 31.1. The molecule has 3 heteroatoms. The smallest absolute Gasteiger partial charge is 0.164 e. The molecule has 54 heavy (non-hydrogen) atoms. The summed E-state index contributed by atoms with van der Waals surface area (Å²) >= 11 is 0. The molecule has 0 saturated carbocycles. The molecule has 1 aliphatic rings. The van der Waals surface area contributed by atoms with Crippen LogP contribution >= 0.6 is 0 Å². The van der Waals surface area contributed by atoms with Gasteiger partial charge in [-0.2, -0.15) is 0 Å². The highest BCUT2D eigenvalue weighted by atomic mass is 15.0. The van der Waals surface area contributed by atoms with Gasteiger partial charge < -0.3 is 0 Å². The van der Waals surface area contributed by atoms with E-state index in [1.54, 1.807) is 0 Å². The average Bonchev–Trinajstić information content (AvgIpc) is 3.23. The van der Waals surface area contributed by atoms with E-state index < -0.39 is 0 Å². The summed E-state index contributed by atoms with van der Waals surface area (Å²) in [4.78, 5) is 14.8. The third-order valence-corrected chi connectivity index (χ3v) is 11.7. The zero-order chi connectivity index (χ0) is 36.9. The second-order valence-electron chi connectivity index (χ2n) is 15.3. The van der Waals surface area contributed by atoms with Gasteiger partial charge in [0, 0.05) is 16.7 Å². The van der Waals surface area contributed by atoms with Crippen LogP contribution in [0.25, 0.3) is 78.7 Å². The molecule has 1 heterocycles. The second kappa shape index (κ2) is 13.2. The molecular weight excluding hydrogens is 655 g/mol. The Balaban J connectivity index is 1.15. The van der Waals surface area contributed by atoms with Gasteiger partial charge in [-0.25, -0.2) is 15.0 Å². The van der Waals surface area contributed by atoms with Crippen molar-refractivity contribution in [2.24, 2.45) is 0 Å². The second-order valence-corrected chi connectivity index (χ2v) is 15.3. The number of hydrogen-bond donors (Lipinski definition) is 0. The van der Waals surface area contributed by atoms with Gasteiger partial charge in [-0.1, -0.05) is 198 Å². The maximum Gasteiger partial charge on any atom is 0.164 e. The SMILES string of the molecule is CC1(C)c2cc(-c3ccccc3)ccc2-c2c(-c3ccccc3-c3ccc(-c4nc(-c5ccccc5)nc(-c5ccccc5)n4)cc3)cccc2C1(C)C. The van der Waals surface area contributed by atoms with E-state index in [0.29, 0.717) is 17.5 Å². The van der Waals surface area contributed by atoms with Crippen molar-refractivity contribution in [1.29, 1.82) is 0 Å². The van der Waals surface area contributed by atoms with Crippen molar-refractivity contribution in [3.05, 3.63) is 187 Å². The maximum atomic E-state index is 4.96. The molecule has 0 spiro atoms. The summed E-state index contributed by atoms with van der Waals surface area (Å²) in [5, 5.41) is 0. The number of benzene rings is 7. The molecule has 1 aromatic heterocycles. The molecule has 260 valence electrons. The molecule has 1 aliphatic carbocycles. The highest BCUT2D eigenvalue weighted by Gasteiger charge is 2.46. The van der Waals surface area contributed by atoms with E-state index in [-0.39, 0.29) is 10.8 Å². The molecule has 7 aromatic carbocycles. The Labute approximate surface area is 318 Å². The summed E-state index contributed by atoms with van der Waals surface area (Å²) in [6.45, 7) is 9.63. The van der Waals surface area contributed by atoms with Gasteiger partial charge in [-0.3, -0.25) is 0 Å². The molecule has 9 rings (SSSR count). The normalized spacial score (nSPS) is 13.9. The van der Waals surface area contributed by atoms with E-state index in [1.165, 1.54) is 50.1 Å². The van der Waals surface area contributed by atoms with Crippen LogP contribution in [0.3, 0.4) is 0 Å². The largest absolute Gasteiger partial charge is 0.208 e. The maximum absolute atomic E-state index is 4.96. The number of fused-ring (bicyclic) bond motifs is 3. The lowest BCUT2D eigenvalue weighted by molar-refractivity contribution is 0.299. The Morgan fingerprint density at radius 2 is 0.722 bits per heavy atom. The standard InChI is InChI=1S/C51H41N3/c1-50(2)44-26-16-25-42(46(44)43-32-31-39(33-45(43)51(50,3)4)34-17-8-5-9-18-34)41-24-15-14-23-40(41)35-27-29-38(30-28-35)49-53-47(36-19-10-6-11-20-36)52-48(54-49)37-21-12-7-13-22-37/h5-33H,1-4H3. The van der Waals surface area contributed by atoms with Gasteiger partial charge in [0.15, 0.2) is 17.5 Å². The van der Waals surface area contributed by atoms with E-state index in [4.69, 9.17) is 15.0 Å². The fraction of sp³-hybridized carbons (Fsp3) is 0.118. The summed E-state index contributed by atoms with van der Waals surface area (Å²) in [5.74, 6) is 1.96. The molecule has 0 N–H and O–H groups in total. The predicted molar refractivity (Wildman–Crippen MR) is 224 cm³/mol. The Kier molecular flexibility index (Phi) is 8.16. The first-order valence-electron chi connectivity index (χ1n) is 18.7. The summed E-state index contributed by atoms with van der Waals surface area (Å²) in [5.41, 5.74) is 15.4. The minimum atomic E-state index is -0.112. The lowest BCUT2D eigenvalue weighted by Crippen LogP contribution is -2.43. The van der Waals surface area contributed by atoms with Gasteiger partial charge in [-0.15, -0.1) is 0 Å². The number of nitrogens with zero attached hydrogens (tertiary/aromatic N) is 3. The van der Waals surface area contributed by atoms with Crippen molar-refractivity contribution >= 4 is 0 Å². The minimum Gasteiger partial charge on any atom is -0.208 e. The fourth-order valence-corrected chi connectivity index (χ4v) is 8.06. The average molecular weight is 696 g/mol. The first-order valence-corrected chi connectivity index (χ1v) is 18.7. The van der Waals surface area contributed by atoms with Crippen molar-refractivity contribution in [1.82, 2.24) is 15.0 Å². The highest BCUT2D eigenvalue weighted by Crippen LogP contribution is 2.57. The van der Waals surface area contributed by atoms with E-state index in [9.17, 15) is 0 Å². The molecule has 0 aliphatic heterocycles. The van der Waals surface area contributed by atoms with Crippen molar-refractivity contribution < 1.29 is 0 Å². The summed E-state index contributed by atoms with van der Waals surface area (Å²) < 4.78 is 0. The van der Waals surface area contributed by atoms with Gasteiger partial charge in [0.2, 0.25) is 0 Å². The number of aromatic nitrogens is 3. The Morgan fingerprint density at radius 1 is 0.296 bits per heavy atom. The van der Waals surface area contributed by atoms with Crippen LogP contribution in [0, 0.1) is 0 Å². The first kappa shape index (κ1) is 33.4. The molecule has 8 aromatic rings. The van der Waals surface area contributed by atoms with Crippen molar-refractivity contribution in [3.63, 3.8) is 0 Å². The molecule has 0 saturated heterocycles. The number of rotatable bonds is 6. The summed E-state index contributed by atoms with van der Waals surface area (Å²) in [7, 11) is 0. The van der Waals surface area contributed by atoms with E-state index in [1.807, 2.05) is 60.7 Å². The van der Waals surface area contributed by atoms with Crippen LogP contribution in [0.5, 0.6) is 0 Å². The van der Waals surface area contributed by atoms with Crippen molar-refractivity contribution in [2.75, 3.05) is 0 Å². The number of hydrogen-bond acceptors (Lipinski definition) is 3. The molecule has 0 fully saturated rings. The monoisotopic (exact) mass is 695 g/mol. The van der Waals surface area contributed by atoms with Crippen LogP contribution in [0.4, 0.5) is 0 Å². The highest BCUT2D eigenvalue weighted by molar-refractivity contribution is 5.96. The quantitative estimate of drug-likeness (QED) is 0.174. The van der Waals surface area contributed by atoms with Crippen LogP contribution in [0.1, 0.15) is 38.8 Å². The van der Waals surface area contributed by atoms with Gasteiger partial charge in [0.25, 0.3) is 0 Å². The van der Waals surface area contributed by atoms with Gasteiger partial charge in [0.05, 0.1) is 0 Å². The lowest BCUT2D eigenvalue weighted by Gasteiger charge is -2.49. The third-order valence-electron chi connectivity index (χ3n) is 11.7. The predicted octanol–water partition coefficient (Wildman–Crippen LogP) is 13.1. The molecule has 3 nitrogen and oxygen atoms in total. The zero-order valence-electron chi connectivity index (χ0n) is 31.1. The van der Waals surface area contributed by atoms with E-state index >= 15 is 0 Å². The molecule has 0 bridgehead atoms. The lowest BCUT2D eigenvalue weighted by atomic mass is 9.54. The fourth-order valence-electron chi connectivity index (χ4n) is 8.06. The summed E-state index contributed by atoms with van der Waals surface area (Å²) in [6.07, 6.45) is 0. The van der Waals surface area contributed by atoms with Crippen LogP contribution < -0.4 is 0 Å². The van der Waals surface area contributed by atoms with Crippen molar-refractivity contribution in [3.8, 4) is 78.7 Å². The third kappa shape index (κ3) is 5.64. The van der Waals surface area contributed by atoms with Gasteiger partial charge in [0.1, 0.15) is 0 Å². The van der Waals surface area contributed by atoms with Gasteiger partial charge >= 0.3 is 0 Å².